The second kappa shape index (κ2) is 8.95. The molecule has 0 bridgehead atoms. The number of rotatable bonds is 3. The van der Waals surface area contributed by atoms with Crippen LogP contribution in [0.25, 0.3) is 0 Å². The van der Waals surface area contributed by atoms with Crippen molar-refractivity contribution in [2.75, 3.05) is 37.7 Å². The normalized spacial score (nSPS) is 20.0. The molecular weight excluding hydrogens is 443 g/mol. The first-order valence-corrected chi connectivity index (χ1v) is 11.4. The number of alkyl halides is 3. The molecule has 1 N–H and O–H groups in total. The number of hydrogen-bond acceptors (Lipinski definition) is 4. The summed E-state index contributed by atoms with van der Waals surface area (Å²) < 4.78 is 40.4. The predicted molar refractivity (Wildman–Crippen MR) is 122 cm³/mol. The van der Waals surface area contributed by atoms with E-state index in [-0.39, 0.29) is 23.8 Å². The first-order valence-electron chi connectivity index (χ1n) is 11.4. The molecule has 2 saturated heterocycles. The van der Waals surface area contributed by atoms with Crippen LogP contribution in [0.5, 0.6) is 0 Å². The van der Waals surface area contributed by atoms with Gasteiger partial charge < -0.3 is 14.9 Å². The van der Waals surface area contributed by atoms with Crippen LogP contribution in [0.4, 0.5) is 18.9 Å². The molecule has 2 aliphatic heterocycles. The predicted octanol–water partition coefficient (Wildman–Crippen LogP) is 4.55. The molecule has 2 aromatic carbocycles. The lowest BCUT2D eigenvalue weighted by Gasteiger charge is -2.42. The number of benzene rings is 2. The number of piperidine rings is 1. The fourth-order valence-electron chi connectivity index (χ4n) is 5.32. The van der Waals surface area contributed by atoms with E-state index in [2.05, 4.69) is 0 Å². The van der Waals surface area contributed by atoms with Crippen molar-refractivity contribution in [1.82, 2.24) is 4.90 Å². The van der Waals surface area contributed by atoms with E-state index in [1.165, 1.54) is 6.07 Å². The number of aliphatic hydroxyl groups is 1. The summed E-state index contributed by atoms with van der Waals surface area (Å²) >= 11 is 0. The minimum absolute atomic E-state index is 0.0183. The molecule has 1 unspecified atom stereocenters. The van der Waals surface area contributed by atoms with Crippen LogP contribution >= 0.6 is 0 Å². The smallest absolute Gasteiger partial charge is 0.396 e. The zero-order valence-corrected chi connectivity index (χ0v) is 19.3. The lowest BCUT2D eigenvalue weighted by Crippen LogP contribution is -2.47. The first-order chi connectivity index (χ1) is 16.1. The number of amides is 1. The Morgan fingerprint density at radius 1 is 1.15 bits per heavy atom. The molecule has 1 amide bonds. The van der Waals surface area contributed by atoms with Crippen LogP contribution in [-0.4, -0.2) is 48.7 Å². The molecule has 0 saturated carbocycles. The van der Waals surface area contributed by atoms with E-state index in [1.54, 1.807) is 12.1 Å². The monoisotopic (exact) mass is 471 g/mol. The van der Waals surface area contributed by atoms with E-state index >= 15 is 0 Å². The molecule has 1 spiro atoms. The molecule has 2 aliphatic rings. The molecule has 0 aromatic heterocycles. The average molecular weight is 472 g/mol. The Balaban J connectivity index is 1.51. The Bertz CT molecular complexity index is 1130. The summed E-state index contributed by atoms with van der Waals surface area (Å²) in [6, 6.07) is 11.1. The van der Waals surface area contributed by atoms with Crippen LogP contribution in [0.1, 0.15) is 45.5 Å². The van der Waals surface area contributed by atoms with Crippen molar-refractivity contribution in [3.05, 3.63) is 64.2 Å². The number of carbonyl (C=O) groups excluding carboxylic acids is 1. The second-order valence-corrected chi connectivity index (χ2v) is 9.55. The minimum atomic E-state index is -4.62. The third-order valence-corrected chi connectivity index (χ3v) is 7.63. The number of hydrogen-bond donors (Lipinski definition) is 1. The van der Waals surface area contributed by atoms with Crippen molar-refractivity contribution in [1.29, 1.82) is 5.26 Å². The van der Waals surface area contributed by atoms with E-state index in [0.29, 0.717) is 50.3 Å². The molecule has 1 atom stereocenters. The number of aliphatic hydroxyl groups excluding tert-OH is 1. The summed E-state index contributed by atoms with van der Waals surface area (Å²) in [5.74, 6) is -0.119. The molecule has 2 heterocycles. The van der Waals surface area contributed by atoms with Gasteiger partial charge in [0.05, 0.1) is 17.2 Å². The maximum Gasteiger partial charge on any atom is 0.417 e. The Morgan fingerprint density at radius 3 is 2.44 bits per heavy atom. The first kappa shape index (κ1) is 24.1. The van der Waals surface area contributed by atoms with E-state index in [4.69, 9.17) is 5.26 Å². The summed E-state index contributed by atoms with van der Waals surface area (Å²) in [5.41, 5.74) is 1.62. The van der Waals surface area contributed by atoms with E-state index in [1.807, 2.05) is 41.8 Å². The van der Waals surface area contributed by atoms with Gasteiger partial charge in [0.25, 0.3) is 5.91 Å². The topological polar surface area (TPSA) is 67.6 Å². The standard InChI is InChI=1S/C26H28F3N3O2/c1-17-3-4-19(11-18(17)2)24(34)31-9-7-25(8-10-31)16-32(14-21(25)15-33)22-6-5-20(13-30)23(12-22)26(27,28)29/h3-6,11-12,21,33H,7-10,14-16H2,1-2H3. The van der Waals surface area contributed by atoms with Gasteiger partial charge in [-0.15, -0.1) is 0 Å². The zero-order chi connectivity index (χ0) is 24.7. The highest BCUT2D eigenvalue weighted by Crippen LogP contribution is 2.46. The lowest BCUT2D eigenvalue weighted by atomic mass is 9.71. The number of aryl methyl sites for hydroxylation is 2. The number of likely N-dealkylation sites (tertiary alicyclic amines) is 1. The molecule has 4 rings (SSSR count). The van der Waals surface area contributed by atoms with Gasteiger partial charge >= 0.3 is 6.18 Å². The third kappa shape index (κ3) is 4.37. The van der Waals surface area contributed by atoms with E-state index < -0.39 is 17.3 Å². The van der Waals surface area contributed by atoms with Gasteiger partial charge in [-0.2, -0.15) is 18.4 Å². The van der Waals surface area contributed by atoms with Crippen molar-refractivity contribution in [2.45, 2.75) is 32.9 Å². The van der Waals surface area contributed by atoms with Crippen LogP contribution < -0.4 is 4.90 Å². The number of carbonyl (C=O) groups is 1. The maximum absolute atomic E-state index is 13.5. The summed E-state index contributed by atoms with van der Waals surface area (Å²) in [5, 5.41) is 19.2. The largest absolute Gasteiger partial charge is 0.417 e. The third-order valence-electron chi connectivity index (χ3n) is 7.63. The molecule has 2 aromatic rings. The summed E-state index contributed by atoms with van der Waals surface area (Å²) in [7, 11) is 0. The Labute approximate surface area is 197 Å². The second-order valence-electron chi connectivity index (χ2n) is 9.55. The molecule has 0 aliphatic carbocycles. The number of nitriles is 1. The van der Waals surface area contributed by atoms with Crippen LogP contribution in [0, 0.1) is 36.5 Å². The van der Waals surface area contributed by atoms with Gasteiger partial charge in [-0.1, -0.05) is 6.07 Å². The van der Waals surface area contributed by atoms with Crippen molar-refractivity contribution in [2.24, 2.45) is 11.3 Å². The Hall–Kier alpha value is -3.05. The van der Waals surface area contributed by atoms with E-state index in [0.717, 1.165) is 17.2 Å². The fraction of sp³-hybridized carbons (Fsp3) is 0.462. The maximum atomic E-state index is 13.5. The summed E-state index contributed by atoms with van der Waals surface area (Å²) in [6.07, 6.45) is -3.27. The number of nitrogens with zero attached hydrogens (tertiary/aromatic N) is 3. The SMILES string of the molecule is Cc1ccc(C(=O)N2CCC3(CC2)CN(c2ccc(C#N)c(C(F)(F)F)c2)CC3CO)cc1C. The van der Waals surface area contributed by atoms with Crippen LogP contribution in [-0.2, 0) is 6.18 Å². The van der Waals surface area contributed by atoms with Crippen molar-refractivity contribution < 1.29 is 23.1 Å². The Morgan fingerprint density at radius 2 is 1.85 bits per heavy atom. The van der Waals surface area contributed by atoms with E-state index in [9.17, 15) is 23.1 Å². The highest BCUT2D eigenvalue weighted by atomic mass is 19.4. The zero-order valence-electron chi connectivity index (χ0n) is 19.3. The van der Waals surface area contributed by atoms with Gasteiger partial charge in [0.1, 0.15) is 0 Å². The summed E-state index contributed by atoms with van der Waals surface area (Å²) in [6.45, 7) is 5.93. The van der Waals surface area contributed by atoms with Crippen LogP contribution in [0.3, 0.4) is 0 Å². The lowest BCUT2D eigenvalue weighted by molar-refractivity contribution is -0.137. The van der Waals surface area contributed by atoms with Crippen LogP contribution in [0.2, 0.25) is 0 Å². The highest BCUT2D eigenvalue weighted by Gasteiger charge is 2.48. The quantitative estimate of drug-likeness (QED) is 0.714. The average Bonchev–Trinajstić information content (AvgIpc) is 3.17. The number of halogens is 3. The highest BCUT2D eigenvalue weighted by molar-refractivity contribution is 5.94. The Kier molecular flexibility index (Phi) is 6.34. The van der Waals surface area contributed by atoms with Gasteiger partial charge in [-0.05, 0) is 73.6 Å². The molecule has 180 valence electrons. The molecular formula is C26H28F3N3O2. The van der Waals surface area contributed by atoms with Crippen LogP contribution in [0.15, 0.2) is 36.4 Å². The fourth-order valence-corrected chi connectivity index (χ4v) is 5.32. The van der Waals surface area contributed by atoms with Gasteiger partial charge in [0.2, 0.25) is 0 Å². The number of anilines is 1. The molecule has 8 heteroatoms. The molecule has 2 fully saturated rings. The molecule has 0 radical (unpaired) electrons. The van der Waals surface area contributed by atoms with Crippen molar-refractivity contribution in [3.8, 4) is 6.07 Å². The van der Waals surface area contributed by atoms with Crippen molar-refractivity contribution >= 4 is 11.6 Å². The van der Waals surface area contributed by atoms with Gasteiger partial charge in [0, 0.05) is 50.0 Å². The van der Waals surface area contributed by atoms with Gasteiger partial charge in [-0.25, -0.2) is 0 Å². The van der Waals surface area contributed by atoms with Gasteiger partial charge in [-0.3, -0.25) is 4.79 Å². The summed E-state index contributed by atoms with van der Waals surface area (Å²) in [4.78, 5) is 16.7. The molecule has 34 heavy (non-hydrogen) atoms. The molecule has 5 nitrogen and oxygen atoms in total. The van der Waals surface area contributed by atoms with Crippen molar-refractivity contribution in [3.63, 3.8) is 0 Å². The minimum Gasteiger partial charge on any atom is -0.396 e. The van der Waals surface area contributed by atoms with Gasteiger partial charge in [0.15, 0.2) is 0 Å².